The van der Waals surface area contributed by atoms with Crippen LogP contribution in [-0.2, 0) is 37.4 Å². The molecule has 384 valence electrons. The first kappa shape index (κ1) is 60.3. The number of carbonyl (C=O) groups is 2. The molecule has 0 aromatic heterocycles. The molecule has 0 amide bonds. The second-order valence-corrected chi connectivity index (χ2v) is 18.5. The Kier molecular flexibility index (Phi) is 31.7. The zero-order valence-corrected chi connectivity index (χ0v) is 40.3. The third-order valence-electron chi connectivity index (χ3n) is 11.3. The van der Waals surface area contributed by atoms with E-state index < -0.39 is 113 Å². The van der Waals surface area contributed by atoms with Crippen molar-refractivity contribution in [2.24, 2.45) is 5.92 Å². The number of ether oxygens (including phenoxy) is 3. The smallest absolute Gasteiger partial charge is 0.462 e. The van der Waals surface area contributed by atoms with Crippen molar-refractivity contribution in [3.05, 3.63) is 72.9 Å². The summed E-state index contributed by atoms with van der Waals surface area (Å²) in [6.07, 6.45) is 11.5. The fourth-order valence-electron chi connectivity index (χ4n) is 7.33. The van der Waals surface area contributed by atoms with E-state index >= 15 is 0 Å². The quantitative estimate of drug-likeness (QED) is 0.0293. The van der Waals surface area contributed by atoms with E-state index in [1.54, 1.807) is 12.2 Å². The number of allylic oxidation sites excluding steroid dienone is 10. The number of phosphoric acid groups is 1. The SMILES string of the molecule is CCCCC/C=C\C/C=C\C/C=C\C/C=C\CCCC(=O)O[C@@H]1COC(=O)CCCC=CC[C@@H]2[C@@H](O)[C@H](O)[C@@H](O)[C@H](OP(=O)(O)OC1)[C@H](O)[C@H](O)[C@@H](/C=C/[C@@H](O)CCCCC)OC(O)C[C@@H]2O. The van der Waals surface area contributed by atoms with Crippen LogP contribution in [0.2, 0.25) is 0 Å². The van der Waals surface area contributed by atoms with Gasteiger partial charge in [0, 0.05) is 25.2 Å². The van der Waals surface area contributed by atoms with Crippen molar-refractivity contribution in [2.45, 2.75) is 203 Å². The van der Waals surface area contributed by atoms with Gasteiger partial charge in [-0.3, -0.25) is 18.6 Å². The average Bonchev–Trinajstić information content (AvgIpc) is 3.29. The lowest BCUT2D eigenvalue weighted by Crippen LogP contribution is -2.58. The molecule has 0 spiro atoms. The number of unbranched alkanes of at least 4 members (excludes halogenated alkanes) is 6. The molecule has 2 rings (SSSR count). The lowest BCUT2D eigenvalue weighted by molar-refractivity contribution is -0.213. The van der Waals surface area contributed by atoms with Gasteiger partial charge < -0.3 is 60.0 Å². The van der Waals surface area contributed by atoms with Crippen molar-refractivity contribution in [1.82, 2.24) is 0 Å². The van der Waals surface area contributed by atoms with Crippen LogP contribution in [0.25, 0.3) is 0 Å². The lowest BCUT2D eigenvalue weighted by Gasteiger charge is -2.39. The maximum Gasteiger partial charge on any atom is 0.472 e. The minimum Gasteiger partial charge on any atom is -0.462 e. The Balaban J connectivity index is 2.22. The maximum absolute atomic E-state index is 13.6. The van der Waals surface area contributed by atoms with Gasteiger partial charge in [0.15, 0.2) is 12.4 Å². The molecule has 67 heavy (non-hydrogen) atoms. The first-order valence-electron chi connectivity index (χ1n) is 24.1. The highest BCUT2D eigenvalue weighted by atomic mass is 31.2. The largest absolute Gasteiger partial charge is 0.472 e. The third-order valence-corrected chi connectivity index (χ3v) is 12.3. The van der Waals surface area contributed by atoms with Crippen LogP contribution in [0, 0.1) is 5.92 Å². The highest BCUT2D eigenvalue weighted by Gasteiger charge is 2.48. The number of aliphatic hydroxyl groups excluding tert-OH is 8. The number of hydrogen-bond acceptors (Lipinski definition) is 16. The molecule has 0 radical (unpaired) electrons. The standard InChI is InChI=1S/C49H81O17P/c1-3-5-7-8-9-10-11-12-13-14-15-16-17-18-19-20-26-30-42(53)64-37-34-62-41(52)29-25-22-21-24-28-38-39(51)33-43(54)65-40(32-31-36(50)27-23-6-4-2)45(56)47(58)49(48(59)46(57)44(38)55)66-67(60,61)63-35-37/h9-10,12-13,15-16,18-19,21,24,31-32,36-40,43-51,54-59H,3-8,11,14,17,20,22-23,25-30,33-35H2,1-2H3,(H,60,61)/b10-9-,13-12-,16-15-,19-18-,24-21?,32-31+/t36-,37+,38-,39-,40+,43?,44+,45+,46-,47+,48+,49+/m0/s1. The van der Waals surface area contributed by atoms with Gasteiger partial charge in [-0.15, -0.1) is 0 Å². The van der Waals surface area contributed by atoms with Crippen molar-refractivity contribution < 1.29 is 83.2 Å². The van der Waals surface area contributed by atoms with E-state index in [-0.39, 0.29) is 19.3 Å². The highest BCUT2D eigenvalue weighted by molar-refractivity contribution is 7.47. The molecule has 2 aliphatic rings. The van der Waals surface area contributed by atoms with E-state index in [0.29, 0.717) is 38.5 Å². The Morgan fingerprint density at radius 2 is 1.40 bits per heavy atom. The van der Waals surface area contributed by atoms with Gasteiger partial charge in [-0.05, 0) is 70.6 Å². The number of aliphatic hydroxyl groups is 8. The van der Waals surface area contributed by atoms with E-state index in [9.17, 15) is 59.9 Å². The highest BCUT2D eigenvalue weighted by Crippen LogP contribution is 2.47. The lowest BCUT2D eigenvalue weighted by atomic mass is 9.83. The Hall–Kier alpha value is -2.87. The molecular weight excluding hydrogens is 891 g/mol. The minimum absolute atomic E-state index is 0.0571. The molecule has 1 fully saturated rings. The Bertz CT molecular complexity index is 1580. The van der Waals surface area contributed by atoms with Crippen molar-refractivity contribution in [2.75, 3.05) is 13.2 Å². The summed E-state index contributed by atoms with van der Waals surface area (Å²) in [5, 5.41) is 89.4. The van der Waals surface area contributed by atoms with Gasteiger partial charge >= 0.3 is 19.8 Å². The summed E-state index contributed by atoms with van der Waals surface area (Å²) in [4.78, 5) is 36.5. The molecule has 9 N–H and O–H groups in total. The van der Waals surface area contributed by atoms with E-state index in [1.165, 1.54) is 25.3 Å². The maximum atomic E-state index is 13.6. The van der Waals surface area contributed by atoms with Gasteiger partial charge in [0.05, 0.1) is 24.9 Å². The van der Waals surface area contributed by atoms with Crippen molar-refractivity contribution >= 4 is 19.8 Å². The number of esters is 2. The molecule has 2 aliphatic heterocycles. The predicted molar refractivity (Wildman–Crippen MR) is 252 cm³/mol. The summed E-state index contributed by atoms with van der Waals surface area (Å²) in [5.41, 5.74) is 0. The normalized spacial score (nSPS) is 32.1. The third kappa shape index (κ3) is 26.1. The van der Waals surface area contributed by atoms with Crippen LogP contribution in [0.15, 0.2) is 72.9 Å². The summed E-state index contributed by atoms with van der Waals surface area (Å²) >= 11 is 0. The minimum atomic E-state index is -5.49. The predicted octanol–water partition coefficient (Wildman–Crippen LogP) is 5.61. The van der Waals surface area contributed by atoms with Crippen LogP contribution in [0.5, 0.6) is 0 Å². The van der Waals surface area contributed by atoms with Gasteiger partial charge in [0.1, 0.15) is 43.2 Å². The van der Waals surface area contributed by atoms with Gasteiger partial charge in [0.25, 0.3) is 0 Å². The Labute approximate surface area is 397 Å². The number of fused-ring (bicyclic) bond motifs is 4. The zero-order chi connectivity index (χ0) is 49.5. The molecule has 13 atom stereocenters. The van der Waals surface area contributed by atoms with E-state index in [1.807, 2.05) is 25.2 Å². The second kappa shape index (κ2) is 35.3. The molecule has 2 unspecified atom stereocenters. The van der Waals surface area contributed by atoms with Crippen LogP contribution in [-0.4, -0.2) is 138 Å². The molecule has 2 heterocycles. The molecular formula is C49H81O17P. The Morgan fingerprint density at radius 1 is 0.791 bits per heavy atom. The first-order chi connectivity index (χ1) is 32.1. The van der Waals surface area contributed by atoms with Crippen LogP contribution in [0.4, 0.5) is 0 Å². The van der Waals surface area contributed by atoms with Gasteiger partial charge in [-0.2, -0.15) is 0 Å². The molecule has 1 saturated heterocycles. The second-order valence-electron chi connectivity index (χ2n) is 17.1. The number of phosphoric ester groups is 1. The molecule has 18 heteroatoms. The summed E-state index contributed by atoms with van der Waals surface area (Å²) in [6, 6.07) is 0. The number of carbonyl (C=O) groups excluding carboxylic acids is 2. The van der Waals surface area contributed by atoms with E-state index in [0.717, 1.165) is 44.6 Å². The van der Waals surface area contributed by atoms with Crippen molar-refractivity contribution in [1.29, 1.82) is 0 Å². The van der Waals surface area contributed by atoms with Gasteiger partial charge in [-0.25, -0.2) is 4.57 Å². The monoisotopic (exact) mass is 973 g/mol. The molecule has 2 bridgehead atoms. The van der Waals surface area contributed by atoms with Gasteiger partial charge in [0.2, 0.25) is 0 Å². The number of hydrogen-bond donors (Lipinski definition) is 9. The van der Waals surface area contributed by atoms with E-state index in [2.05, 4.69) is 37.3 Å². The van der Waals surface area contributed by atoms with Crippen molar-refractivity contribution in [3.8, 4) is 0 Å². The number of cyclic esters (lactones) is 1. The fourth-order valence-corrected chi connectivity index (χ4v) is 8.30. The Morgan fingerprint density at radius 3 is 2.06 bits per heavy atom. The van der Waals surface area contributed by atoms with Crippen molar-refractivity contribution in [3.63, 3.8) is 0 Å². The summed E-state index contributed by atoms with van der Waals surface area (Å²) in [7, 11) is -5.49. The summed E-state index contributed by atoms with van der Waals surface area (Å²) < 4.78 is 40.3. The topological polar surface area (TPSA) is 279 Å². The summed E-state index contributed by atoms with van der Waals surface area (Å²) in [6.45, 7) is 2.70. The van der Waals surface area contributed by atoms with Crippen LogP contribution >= 0.6 is 7.82 Å². The van der Waals surface area contributed by atoms with Crippen LogP contribution in [0.1, 0.15) is 136 Å². The summed E-state index contributed by atoms with van der Waals surface area (Å²) in [5.74, 6) is -2.71. The molecule has 0 aromatic carbocycles. The molecule has 0 aliphatic carbocycles. The molecule has 0 aromatic rings. The first-order valence-corrected chi connectivity index (χ1v) is 25.6. The zero-order valence-electron chi connectivity index (χ0n) is 39.4. The van der Waals surface area contributed by atoms with Crippen LogP contribution in [0.3, 0.4) is 0 Å². The fraction of sp³-hybridized carbons (Fsp3) is 0.714. The van der Waals surface area contributed by atoms with Gasteiger partial charge in [-0.1, -0.05) is 119 Å². The van der Waals surface area contributed by atoms with Crippen LogP contribution < -0.4 is 0 Å². The number of rotatable bonds is 21. The van der Waals surface area contributed by atoms with E-state index in [4.69, 9.17) is 23.3 Å². The average molecular weight is 973 g/mol. The molecule has 0 saturated carbocycles. The molecule has 17 nitrogen and oxygen atoms in total.